The highest BCUT2D eigenvalue weighted by Crippen LogP contribution is 1.75. The van der Waals surface area contributed by atoms with E-state index in [2.05, 4.69) is 10.6 Å². The minimum Gasteiger partial charge on any atom is -0.358 e. The molecule has 2 N–H and O–H groups in total. The summed E-state index contributed by atoms with van der Waals surface area (Å²) in [6.45, 7) is 1.03. The molecule has 0 fully saturated rings. The summed E-state index contributed by atoms with van der Waals surface area (Å²) in [4.78, 5) is 10.6. The number of rotatable bonds is 5. The smallest absolute Gasteiger partial charge is 0.233 e. The topological polar surface area (TPSA) is 41.1 Å². The molecule has 0 rings (SSSR count). The van der Waals surface area contributed by atoms with E-state index in [1.54, 1.807) is 7.05 Å². The molecule has 0 atom stereocenters. The summed E-state index contributed by atoms with van der Waals surface area (Å²) < 4.78 is 0. The van der Waals surface area contributed by atoms with Crippen LogP contribution in [0.2, 0.25) is 0 Å². The van der Waals surface area contributed by atoms with Gasteiger partial charge in [0.05, 0.1) is 6.54 Å². The van der Waals surface area contributed by atoms with E-state index < -0.39 is 0 Å². The summed E-state index contributed by atoms with van der Waals surface area (Å²) in [5.41, 5.74) is 0. The van der Waals surface area contributed by atoms with Gasteiger partial charge in [-0.15, -0.1) is 11.6 Å². The summed E-state index contributed by atoms with van der Waals surface area (Å²) in [7, 11) is 1.61. The van der Waals surface area contributed by atoms with Crippen molar-refractivity contribution in [1.82, 2.24) is 10.6 Å². The molecule has 0 aliphatic heterocycles. The highest BCUT2D eigenvalue weighted by Gasteiger charge is 1.92. The van der Waals surface area contributed by atoms with Crippen molar-refractivity contribution in [2.45, 2.75) is 0 Å². The maximum Gasteiger partial charge on any atom is 0.233 e. The Hall–Kier alpha value is -0.540. The zero-order valence-corrected chi connectivity index (χ0v) is 7.32. The molecule has 0 spiro atoms. The number of carbonyl (C=O) groups is 1. The Balaban J connectivity index is 3.14. The van der Waals surface area contributed by atoms with E-state index in [4.69, 9.17) is 11.6 Å². The fourth-order valence-electron chi connectivity index (χ4n) is 0.504. The van der Waals surface area contributed by atoms with Gasteiger partial charge in [-0.3, -0.25) is 4.79 Å². The number of hydrogen-bond acceptors (Lipinski definition) is 2. The SMILES string of the molecule is CNC(=O)CNC/C=C/CCl. The van der Waals surface area contributed by atoms with Crippen LogP contribution in [0.3, 0.4) is 0 Å². The minimum absolute atomic E-state index is 0.00993. The van der Waals surface area contributed by atoms with Crippen molar-refractivity contribution >= 4 is 17.5 Å². The lowest BCUT2D eigenvalue weighted by molar-refractivity contribution is -0.119. The first-order chi connectivity index (χ1) is 5.31. The predicted octanol–water partition coefficient (Wildman–Crippen LogP) is 0.117. The molecule has 3 nitrogen and oxygen atoms in total. The van der Waals surface area contributed by atoms with Gasteiger partial charge in [0.15, 0.2) is 0 Å². The van der Waals surface area contributed by atoms with Gasteiger partial charge in [-0.2, -0.15) is 0 Å². The van der Waals surface area contributed by atoms with E-state index in [0.717, 1.165) is 0 Å². The van der Waals surface area contributed by atoms with E-state index in [1.807, 2.05) is 12.2 Å². The van der Waals surface area contributed by atoms with Crippen LogP contribution in [0.1, 0.15) is 0 Å². The predicted molar refractivity (Wildman–Crippen MR) is 46.8 cm³/mol. The second-order valence-corrected chi connectivity index (χ2v) is 2.24. The van der Waals surface area contributed by atoms with Crippen LogP contribution in [0.4, 0.5) is 0 Å². The van der Waals surface area contributed by atoms with Gasteiger partial charge in [0.2, 0.25) is 5.91 Å². The molecule has 0 saturated heterocycles. The normalized spacial score (nSPS) is 10.4. The number of likely N-dealkylation sites (N-methyl/N-ethyl adjacent to an activating group) is 1. The lowest BCUT2D eigenvalue weighted by Crippen LogP contribution is -2.31. The van der Waals surface area contributed by atoms with Crippen molar-refractivity contribution in [1.29, 1.82) is 0 Å². The Morgan fingerprint density at radius 2 is 2.27 bits per heavy atom. The number of nitrogens with one attached hydrogen (secondary N) is 2. The van der Waals surface area contributed by atoms with Crippen LogP contribution in [0.25, 0.3) is 0 Å². The third-order valence-electron chi connectivity index (χ3n) is 1.08. The highest BCUT2D eigenvalue weighted by atomic mass is 35.5. The Kier molecular flexibility index (Phi) is 7.19. The third-order valence-corrected chi connectivity index (χ3v) is 1.26. The maximum atomic E-state index is 10.6. The van der Waals surface area contributed by atoms with Crippen molar-refractivity contribution in [3.05, 3.63) is 12.2 Å². The molecule has 11 heavy (non-hydrogen) atoms. The van der Waals surface area contributed by atoms with Gasteiger partial charge >= 0.3 is 0 Å². The third kappa shape index (κ3) is 7.36. The van der Waals surface area contributed by atoms with Gasteiger partial charge in [-0.25, -0.2) is 0 Å². The lowest BCUT2D eigenvalue weighted by Gasteiger charge is -1.98. The zero-order valence-electron chi connectivity index (χ0n) is 6.56. The first kappa shape index (κ1) is 10.5. The minimum atomic E-state index is -0.00993. The zero-order chi connectivity index (χ0) is 8.53. The number of amides is 1. The Bertz CT molecular complexity index is 136. The van der Waals surface area contributed by atoms with Crippen molar-refractivity contribution < 1.29 is 4.79 Å². The van der Waals surface area contributed by atoms with Crippen LogP contribution in [-0.2, 0) is 4.79 Å². The molecule has 1 amide bonds. The van der Waals surface area contributed by atoms with Crippen LogP contribution < -0.4 is 10.6 Å². The van der Waals surface area contributed by atoms with Gasteiger partial charge in [0.25, 0.3) is 0 Å². The van der Waals surface area contributed by atoms with Crippen molar-refractivity contribution in [2.24, 2.45) is 0 Å². The van der Waals surface area contributed by atoms with E-state index in [9.17, 15) is 4.79 Å². The molecule has 0 aromatic rings. The fraction of sp³-hybridized carbons (Fsp3) is 0.571. The highest BCUT2D eigenvalue weighted by molar-refractivity contribution is 6.18. The molecular formula is C7H13ClN2O. The number of alkyl halides is 1. The standard InChI is InChI=1S/C7H13ClN2O/c1-9-7(11)6-10-5-3-2-4-8/h2-3,10H,4-6H2,1H3,(H,9,11)/b3-2+. The number of halogens is 1. The molecule has 64 valence electrons. The van der Waals surface area contributed by atoms with Gasteiger partial charge in [-0.05, 0) is 0 Å². The molecule has 0 aliphatic rings. The summed E-state index contributed by atoms with van der Waals surface area (Å²) in [5, 5.41) is 5.42. The Morgan fingerprint density at radius 3 is 2.82 bits per heavy atom. The molecule has 0 unspecified atom stereocenters. The molecule has 0 saturated carbocycles. The Labute approximate surface area is 71.8 Å². The molecule has 0 aromatic heterocycles. The van der Waals surface area contributed by atoms with Gasteiger partial charge in [0, 0.05) is 19.5 Å². The summed E-state index contributed by atoms with van der Waals surface area (Å²) in [5.74, 6) is 0.506. The van der Waals surface area contributed by atoms with E-state index in [0.29, 0.717) is 19.0 Å². The number of hydrogen-bond donors (Lipinski definition) is 2. The van der Waals surface area contributed by atoms with Crippen LogP contribution in [-0.4, -0.2) is 31.9 Å². The average Bonchev–Trinajstić information content (AvgIpc) is 2.04. The first-order valence-corrected chi connectivity index (χ1v) is 3.97. The van der Waals surface area contributed by atoms with Gasteiger partial charge in [0.1, 0.15) is 0 Å². The van der Waals surface area contributed by atoms with Crippen LogP contribution >= 0.6 is 11.6 Å². The molecule has 0 bridgehead atoms. The Morgan fingerprint density at radius 1 is 1.55 bits per heavy atom. The first-order valence-electron chi connectivity index (χ1n) is 3.43. The summed E-state index contributed by atoms with van der Waals surface area (Å²) >= 11 is 5.38. The van der Waals surface area contributed by atoms with E-state index in [1.165, 1.54) is 0 Å². The number of carbonyl (C=O) groups excluding carboxylic acids is 1. The van der Waals surface area contributed by atoms with Crippen molar-refractivity contribution in [2.75, 3.05) is 26.0 Å². The van der Waals surface area contributed by atoms with Crippen molar-refractivity contribution in [3.63, 3.8) is 0 Å². The van der Waals surface area contributed by atoms with Gasteiger partial charge in [-0.1, -0.05) is 12.2 Å². The van der Waals surface area contributed by atoms with Crippen LogP contribution in [0, 0.1) is 0 Å². The average molecular weight is 177 g/mol. The van der Waals surface area contributed by atoms with Crippen LogP contribution in [0.5, 0.6) is 0 Å². The second-order valence-electron chi connectivity index (χ2n) is 1.93. The molecule has 0 aliphatic carbocycles. The molecule has 0 radical (unpaired) electrons. The monoisotopic (exact) mass is 176 g/mol. The molecule has 0 heterocycles. The van der Waals surface area contributed by atoms with E-state index >= 15 is 0 Å². The largest absolute Gasteiger partial charge is 0.358 e. The number of allylic oxidation sites excluding steroid dienone is 1. The molecule has 4 heteroatoms. The quantitative estimate of drug-likeness (QED) is 0.355. The maximum absolute atomic E-state index is 10.6. The summed E-state index contributed by atoms with van der Waals surface area (Å²) in [6, 6.07) is 0. The van der Waals surface area contributed by atoms with Gasteiger partial charge < -0.3 is 10.6 Å². The lowest BCUT2D eigenvalue weighted by atomic mass is 10.5. The van der Waals surface area contributed by atoms with Crippen LogP contribution in [0.15, 0.2) is 12.2 Å². The van der Waals surface area contributed by atoms with E-state index in [-0.39, 0.29) is 5.91 Å². The van der Waals surface area contributed by atoms with Crippen molar-refractivity contribution in [3.8, 4) is 0 Å². The molecule has 0 aromatic carbocycles. The fourth-order valence-corrected chi connectivity index (χ4v) is 0.630. The molecular weight excluding hydrogens is 164 g/mol. The second kappa shape index (κ2) is 7.57. The summed E-state index contributed by atoms with van der Waals surface area (Å²) in [6.07, 6.45) is 3.72.